The molecule has 0 amide bonds. The largest absolute Gasteiger partial charge is 0.428 e. The number of non-ortho nitro benzene ring substituents is 1. The fourth-order valence-electron chi connectivity index (χ4n) is 2.54. The molecule has 136 valence electrons. The van der Waals surface area contributed by atoms with Gasteiger partial charge >= 0.3 is 6.18 Å². The first-order valence-electron chi connectivity index (χ1n) is 7.07. The van der Waals surface area contributed by atoms with Gasteiger partial charge in [0.25, 0.3) is 5.69 Å². The number of hydroxylamine groups is 1. The van der Waals surface area contributed by atoms with Crippen molar-refractivity contribution in [1.82, 2.24) is 5.48 Å². The molecule has 5 nitrogen and oxygen atoms in total. The number of nitro groups is 1. The molecule has 2 aromatic carbocycles. The van der Waals surface area contributed by atoms with Crippen LogP contribution in [0.25, 0.3) is 5.70 Å². The number of rotatable bonds is 3. The van der Waals surface area contributed by atoms with Crippen LogP contribution in [-0.2, 0) is 10.4 Å². The minimum atomic E-state index is -4.85. The lowest BCUT2D eigenvalue weighted by Gasteiger charge is -2.28. The predicted octanol–water partition coefficient (Wildman–Crippen LogP) is 5.24. The molecule has 0 saturated carbocycles. The van der Waals surface area contributed by atoms with Crippen molar-refractivity contribution >= 4 is 34.6 Å². The second-order valence-electron chi connectivity index (χ2n) is 5.46. The van der Waals surface area contributed by atoms with Gasteiger partial charge in [0.2, 0.25) is 5.60 Å². The van der Waals surface area contributed by atoms with Crippen LogP contribution in [0.15, 0.2) is 48.5 Å². The van der Waals surface area contributed by atoms with Gasteiger partial charge in [-0.15, -0.1) is 0 Å². The Balaban J connectivity index is 2.14. The smallest absolute Gasteiger partial charge is 0.265 e. The number of nitrogens with one attached hydrogen (secondary N) is 1. The summed E-state index contributed by atoms with van der Waals surface area (Å²) >= 11 is 11.7. The molecule has 0 bridgehead atoms. The van der Waals surface area contributed by atoms with Crippen LogP contribution in [0.3, 0.4) is 0 Å². The van der Waals surface area contributed by atoms with Crippen molar-refractivity contribution in [3.05, 3.63) is 79.8 Å². The third kappa shape index (κ3) is 3.23. The molecule has 1 atom stereocenters. The molecule has 3 rings (SSSR count). The lowest BCUT2D eigenvalue weighted by atomic mass is 9.91. The Morgan fingerprint density at radius 3 is 2.35 bits per heavy atom. The molecule has 0 saturated heterocycles. The summed E-state index contributed by atoms with van der Waals surface area (Å²) in [5.41, 5.74) is -1.13. The minimum absolute atomic E-state index is 0.0110. The summed E-state index contributed by atoms with van der Waals surface area (Å²) in [4.78, 5) is 15.1. The van der Waals surface area contributed by atoms with Gasteiger partial charge in [0.05, 0.1) is 10.6 Å². The summed E-state index contributed by atoms with van der Waals surface area (Å²) in [6, 6.07) is 8.63. The first-order valence-corrected chi connectivity index (χ1v) is 7.83. The van der Waals surface area contributed by atoms with Crippen molar-refractivity contribution in [2.24, 2.45) is 0 Å². The van der Waals surface area contributed by atoms with E-state index >= 15 is 0 Å². The summed E-state index contributed by atoms with van der Waals surface area (Å²) in [6.45, 7) is 0. The Morgan fingerprint density at radius 1 is 1.12 bits per heavy atom. The van der Waals surface area contributed by atoms with Gasteiger partial charge in [-0.2, -0.15) is 13.2 Å². The Hall–Kier alpha value is -2.29. The lowest BCUT2D eigenvalue weighted by molar-refractivity contribution is -0.384. The summed E-state index contributed by atoms with van der Waals surface area (Å²) < 4.78 is 41.6. The normalized spacial score (nSPS) is 19.8. The highest BCUT2D eigenvalue weighted by atomic mass is 35.5. The lowest BCUT2D eigenvalue weighted by Crippen LogP contribution is -2.42. The number of nitro benzene ring substituents is 1. The number of hydrogen-bond donors (Lipinski definition) is 1. The van der Waals surface area contributed by atoms with E-state index in [0.717, 1.165) is 24.3 Å². The van der Waals surface area contributed by atoms with E-state index in [0.29, 0.717) is 0 Å². The van der Waals surface area contributed by atoms with E-state index in [-0.39, 0.29) is 32.6 Å². The first kappa shape index (κ1) is 18.5. The number of hydrogen-bond acceptors (Lipinski definition) is 4. The second-order valence-corrected chi connectivity index (χ2v) is 6.33. The van der Waals surface area contributed by atoms with Crippen LogP contribution in [-0.4, -0.2) is 11.1 Å². The van der Waals surface area contributed by atoms with E-state index in [1.165, 1.54) is 24.3 Å². The van der Waals surface area contributed by atoms with Crippen molar-refractivity contribution in [3.63, 3.8) is 0 Å². The van der Waals surface area contributed by atoms with Crippen molar-refractivity contribution in [2.45, 2.75) is 11.8 Å². The van der Waals surface area contributed by atoms with Gasteiger partial charge in [0.15, 0.2) is 0 Å². The zero-order valence-electron chi connectivity index (χ0n) is 12.7. The molecule has 1 aliphatic heterocycles. The molecule has 26 heavy (non-hydrogen) atoms. The maximum atomic E-state index is 13.9. The Morgan fingerprint density at radius 2 is 1.77 bits per heavy atom. The van der Waals surface area contributed by atoms with Crippen LogP contribution in [0, 0.1) is 10.1 Å². The van der Waals surface area contributed by atoms with E-state index in [9.17, 15) is 23.3 Å². The summed E-state index contributed by atoms with van der Waals surface area (Å²) in [5, 5.41) is 10.9. The fraction of sp³-hybridized carbons (Fsp3) is 0.125. The average Bonchev–Trinajstić information content (AvgIpc) is 3.00. The third-order valence-corrected chi connectivity index (χ3v) is 4.19. The van der Waals surface area contributed by atoms with Gasteiger partial charge in [-0.3, -0.25) is 20.4 Å². The fourth-order valence-corrected chi connectivity index (χ4v) is 3.07. The van der Waals surface area contributed by atoms with Gasteiger partial charge < -0.3 is 0 Å². The highest BCUT2D eigenvalue weighted by molar-refractivity contribution is 6.34. The maximum absolute atomic E-state index is 13.9. The number of benzene rings is 2. The average molecular weight is 405 g/mol. The van der Waals surface area contributed by atoms with Crippen LogP contribution >= 0.6 is 23.2 Å². The van der Waals surface area contributed by atoms with Gasteiger partial charge in [-0.1, -0.05) is 35.3 Å². The standard InChI is InChI=1S/C16H9Cl2F3N2O3/c17-11-5-10(6-12(18)7-11)15(16(19,20)21)8-14(22-26-15)9-2-1-3-13(4-9)23(24)25/h1-8,22H. The van der Waals surface area contributed by atoms with E-state index in [1.54, 1.807) is 0 Å². The van der Waals surface area contributed by atoms with Gasteiger partial charge in [0, 0.05) is 33.3 Å². The van der Waals surface area contributed by atoms with Gasteiger partial charge in [-0.05, 0) is 24.3 Å². The van der Waals surface area contributed by atoms with E-state index in [4.69, 9.17) is 28.0 Å². The molecule has 0 aromatic heterocycles. The quantitative estimate of drug-likeness (QED) is 0.561. The van der Waals surface area contributed by atoms with Crippen molar-refractivity contribution in [3.8, 4) is 0 Å². The Labute approximate surface area is 155 Å². The number of nitrogens with zero attached hydrogens (tertiary/aromatic N) is 1. The molecule has 2 aromatic rings. The van der Waals surface area contributed by atoms with Crippen LogP contribution in [0.4, 0.5) is 18.9 Å². The van der Waals surface area contributed by atoms with E-state index < -0.39 is 16.7 Å². The SMILES string of the molecule is O=[N+]([O-])c1cccc(C2=CC(c3cc(Cl)cc(Cl)c3)(C(F)(F)F)ON2)c1. The summed E-state index contributed by atoms with van der Waals surface area (Å²) in [6.07, 6.45) is -4.05. The Kier molecular flexibility index (Phi) is 4.60. The minimum Gasteiger partial charge on any atom is -0.265 e. The predicted molar refractivity (Wildman–Crippen MR) is 89.5 cm³/mol. The monoisotopic (exact) mass is 404 g/mol. The highest BCUT2D eigenvalue weighted by Gasteiger charge is 2.59. The first-order chi connectivity index (χ1) is 12.1. The molecule has 1 aliphatic rings. The van der Waals surface area contributed by atoms with Crippen LogP contribution in [0.5, 0.6) is 0 Å². The zero-order valence-corrected chi connectivity index (χ0v) is 14.2. The number of alkyl halides is 3. The molecule has 0 aliphatic carbocycles. The zero-order chi connectivity index (χ0) is 19.1. The molecule has 0 spiro atoms. The Bertz CT molecular complexity index is 898. The topological polar surface area (TPSA) is 64.4 Å². The summed E-state index contributed by atoms with van der Waals surface area (Å²) in [7, 11) is 0. The van der Waals surface area contributed by atoms with Crippen LogP contribution in [0.1, 0.15) is 11.1 Å². The summed E-state index contributed by atoms with van der Waals surface area (Å²) in [5.74, 6) is 0. The highest BCUT2D eigenvalue weighted by Crippen LogP contribution is 2.48. The third-order valence-electron chi connectivity index (χ3n) is 3.75. The van der Waals surface area contributed by atoms with Gasteiger partial charge in [-0.25, -0.2) is 0 Å². The molecule has 1 unspecified atom stereocenters. The maximum Gasteiger partial charge on any atom is 0.428 e. The molecule has 10 heteroatoms. The molecule has 0 radical (unpaired) electrons. The molecular weight excluding hydrogens is 396 g/mol. The van der Waals surface area contributed by atoms with E-state index in [1.807, 2.05) is 0 Å². The molecular formula is C16H9Cl2F3N2O3. The van der Waals surface area contributed by atoms with E-state index in [2.05, 4.69) is 5.48 Å². The van der Waals surface area contributed by atoms with Crippen LogP contribution < -0.4 is 5.48 Å². The van der Waals surface area contributed by atoms with Crippen molar-refractivity contribution < 1.29 is 22.9 Å². The van der Waals surface area contributed by atoms with Crippen molar-refractivity contribution in [2.75, 3.05) is 0 Å². The number of halogens is 5. The molecule has 1 heterocycles. The molecule has 1 N–H and O–H groups in total. The van der Waals surface area contributed by atoms with Crippen molar-refractivity contribution in [1.29, 1.82) is 0 Å². The van der Waals surface area contributed by atoms with Gasteiger partial charge in [0.1, 0.15) is 0 Å². The molecule has 0 fully saturated rings. The second kappa shape index (κ2) is 6.46. The van der Waals surface area contributed by atoms with Crippen LogP contribution in [0.2, 0.25) is 10.0 Å².